The van der Waals surface area contributed by atoms with Crippen molar-refractivity contribution >= 4 is 56.3 Å². The average Bonchev–Trinajstić information content (AvgIpc) is 3.65. The van der Waals surface area contributed by atoms with Crippen LogP contribution >= 0.6 is 23.2 Å². The van der Waals surface area contributed by atoms with Gasteiger partial charge in [0.05, 0.1) is 26.6 Å². The van der Waals surface area contributed by atoms with Crippen LogP contribution in [0.2, 0.25) is 10.0 Å². The van der Waals surface area contributed by atoms with Gasteiger partial charge < -0.3 is 4.90 Å². The summed E-state index contributed by atoms with van der Waals surface area (Å²) >= 11 is 12.3. The Balaban J connectivity index is 1.62. The Labute approximate surface area is 257 Å². The molecule has 1 amide bonds. The van der Waals surface area contributed by atoms with Crippen LogP contribution in [-0.4, -0.2) is 54.4 Å². The molecule has 1 heterocycles. The molecule has 0 aromatic heterocycles. The van der Waals surface area contributed by atoms with Crippen LogP contribution in [0.25, 0.3) is 0 Å². The summed E-state index contributed by atoms with van der Waals surface area (Å²) in [6.45, 7) is 3.59. The van der Waals surface area contributed by atoms with Crippen molar-refractivity contribution in [1.29, 1.82) is 0 Å². The van der Waals surface area contributed by atoms with Crippen LogP contribution in [0.5, 0.6) is 0 Å². The lowest BCUT2D eigenvalue weighted by Gasteiger charge is -2.29. The number of likely N-dealkylation sites (tertiary alicyclic amines) is 1. The Hall–Kier alpha value is -2.55. The molecule has 1 saturated heterocycles. The largest absolute Gasteiger partial charge is 0.331 e. The fraction of sp³-hybridized carbons (Fsp3) is 0.500. The molecular formula is C32H37Cl2NO6S. The molecule has 2 aromatic rings. The molecule has 42 heavy (non-hydrogen) atoms. The fourth-order valence-electron chi connectivity index (χ4n) is 5.89. The molecule has 3 atom stereocenters. The highest BCUT2D eigenvalue weighted by Crippen LogP contribution is 2.51. The van der Waals surface area contributed by atoms with E-state index in [1.165, 1.54) is 17.0 Å². The third-order valence-electron chi connectivity index (χ3n) is 8.63. The molecule has 0 bridgehead atoms. The quantitative estimate of drug-likeness (QED) is 0.182. The summed E-state index contributed by atoms with van der Waals surface area (Å²) in [7, 11) is -3.99. The van der Waals surface area contributed by atoms with Gasteiger partial charge >= 0.3 is 0 Å². The first-order valence-corrected chi connectivity index (χ1v) is 16.9. The number of carbonyl (C=O) groups excluding carboxylic acids is 4. The van der Waals surface area contributed by atoms with Gasteiger partial charge in [0.15, 0.2) is 21.4 Å². The zero-order valence-corrected chi connectivity index (χ0v) is 26.3. The number of amides is 1. The van der Waals surface area contributed by atoms with Gasteiger partial charge in [-0.1, -0.05) is 74.2 Å². The van der Waals surface area contributed by atoms with E-state index in [4.69, 9.17) is 23.2 Å². The van der Waals surface area contributed by atoms with Crippen molar-refractivity contribution in [2.75, 3.05) is 6.54 Å². The fourth-order valence-corrected chi connectivity index (χ4v) is 8.23. The lowest BCUT2D eigenvalue weighted by atomic mass is 9.88. The Bertz CT molecular complexity index is 1450. The molecule has 1 saturated carbocycles. The summed E-state index contributed by atoms with van der Waals surface area (Å²) in [5.41, 5.74) is -0.0960. The number of unbranched alkanes of at least 4 members (excludes halogenated alkanes) is 2. The highest BCUT2D eigenvalue weighted by molar-refractivity contribution is 7.92. The van der Waals surface area contributed by atoms with Gasteiger partial charge in [-0.2, -0.15) is 0 Å². The normalized spacial score (nSPS) is 20.2. The third-order valence-corrected chi connectivity index (χ3v) is 11.5. The summed E-state index contributed by atoms with van der Waals surface area (Å²) in [6.07, 6.45) is 3.60. The summed E-state index contributed by atoms with van der Waals surface area (Å²) in [4.78, 5) is 54.8. The molecule has 10 heteroatoms. The van der Waals surface area contributed by atoms with Crippen LogP contribution in [0.4, 0.5) is 0 Å². The molecular weight excluding hydrogens is 597 g/mol. The minimum atomic E-state index is -3.99. The summed E-state index contributed by atoms with van der Waals surface area (Å²) in [5.74, 6) is -2.59. The molecule has 226 valence electrons. The third kappa shape index (κ3) is 6.66. The van der Waals surface area contributed by atoms with Crippen molar-refractivity contribution in [3.63, 3.8) is 0 Å². The van der Waals surface area contributed by atoms with Gasteiger partial charge in [-0.05, 0) is 61.9 Å². The van der Waals surface area contributed by atoms with Gasteiger partial charge in [-0.25, -0.2) is 8.42 Å². The Kier molecular flexibility index (Phi) is 10.3. The monoisotopic (exact) mass is 633 g/mol. The predicted molar refractivity (Wildman–Crippen MR) is 162 cm³/mol. The molecule has 4 rings (SSSR count). The molecule has 0 radical (unpaired) electrons. The Morgan fingerprint density at radius 3 is 2.24 bits per heavy atom. The van der Waals surface area contributed by atoms with E-state index in [0.717, 1.165) is 18.4 Å². The van der Waals surface area contributed by atoms with E-state index in [1.807, 2.05) is 6.92 Å². The molecule has 1 aliphatic carbocycles. The van der Waals surface area contributed by atoms with Crippen LogP contribution < -0.4 is 0 Å². The van der Waals surface area contributed by atoms with E-state index in [0.29, 0.717) is 30.7 Å². The molecule has 2 aromatic carbocycles. The van der Waals surface area contributed by atoms with E-state index in [2.05, 4.69) is 0 Å². The number of hydrogen-bond acceptors (Lipinski definition) is 6. The van der Waals surface area contributed by atoms with E-state index in [-0.39, 0.29) is 41.6 Å². The van der Waals surface area contributed by atoms with Crippen molar-refractivity contribution < 1.29 is 27.6 Å². The van der Waals surface area contributed by atoms with Crippen molar-refractivity contribution in [3.8, 4) is 0 Å². The SMILES string of the molecule is CCCCCC(=O)C(=O)[C@H](CC)CC(=O)[C@@H]1C[C@@H](S(=O)(=O)c2ccccc2Cl)CN1C(=O)C1(c2ccc(Cl)cc2)CC1. The van der Waals surface area contributed by atoms with Crippen molar-refractivity contribution in [2.24, 2.45) is 5.92 Å². The Morgan fingerprint density at radius 1 is 0.976 bits per heavy atom. The van der Waals surface area contributed by atoms with Crippen molar-refractivity contribution in [2.45, 2.75) is 93.2 Å². The van der Waals surface area contributed by atoms with Crippen LogP contribution in [0.1, 0.15) is 77.2 Å². The molecule has 0 spiro atoms. The number of carbonyl (C=O) groups is 4. The van der Waals surface area contributed by atoms with Crippen LogP contribution in [0.3, 0.4) is 0 Å². The van der Waals surface area contributed by atoms with E-state index >= 15 is 0 Å². The van der Waals surface area contributed by atoms with Gasteiger partial charge in [0, 0.05) is 30.3 Å². The molecule has 0 unspecified atom stereocenters. The van der Waals surface area contributed by atoms with Crippen LogP contribution in [0.15, 0.2) is 53.4 Å². The first-order valence-electron chi connectivity index (χ1n) is 14.6. The second kappa shape index (κ2) is 13.4. The minimum Gasteiger partial charge on any atom is -0.331 e. The van der Waals surface area contributed by atoms with Gasteiger partial charge in [-0.3, -0.25) is 19.2 Å². The Morgan fingerprint density at radius 2 is 1.64 bits per heavy atom. The van der Waals surface area contributed by atoms with Gasteiger partial charge in [0.25, 0.3) is 0 Å². The minimum absolute atomic E-state index is 0.0460. The molecule has 2 fully saturated rings. The number of nitrogens with zero attached hydrogens (tertiary/aromatic N) is 1. The van der Waals surface area contributed by atoms with Crippen molar-refractivity contribution in [3.05, 3.63) is 64.1 Å². The number of Topliss-reactive ketones (excluding diaryl/α,β-unsaturated/α-hetero) is 3. The number of ketones is 3. The second-order valence-corrected chi connectivity index (χ2v) is 14.5. The summed E-state index contributed by atoms with van der Waals surface area (Å²) in [6, 6.07) is 12.1. The van der Waals surface area contributed by atoms with E-state index in [9.17, 15) is 27.6 Å². The predicted octanol–water partition coefficient (Wildman–Crippen LogP) is 6.17. The first-order chi connectivity index (χ1) is 20.0. The van der Waals surface area contributed by atoms with Gasteiger partial charge in [0.2, 0.25) is 11.7 Å². The lowest BCUT2D eigenvalue weighted by Crippen LogP contribution is -2.46. The highest BCUT2D eigenvalue weighted by Gasteiger charge is 2.57. The average molecular weight is 635 g/mol. The summed E-state index contributed by atoms with van der Waals surface area (Å²) in [5, 5.41) is -0.451. The zero-order chi connectivity index (χ0) is 30.7. The lowest BCUT2D eigenvalue weighted by molar-refractivity contribution is -0.142. The molecule has 1 aliphatic heterocycles. The maximum atomic E-state index is 14.1. The molecule has 7 nitrogen and oxygen atoms in total. The standard InChI is InChI=1S/C32H37Cl2NO6S/c1-3-5-6-10-27(36)30(38)21(4-2)18-28(37)26-19-24(42(40,41)29-11-8-7-9-25(29)34)20-35(26)31(39)32(16-17-32)22-12-14-23(33)15-13-22/h7-9,11-15,21,24,26H,3-6,10,16-20H2,1-2H3/t21-,24-,26+/m1/s1. The number of hydrogen-bond donors (Lipinski definition) is 0. The van der Waals surface area contributed by atoms with Crippen LogP contribution in [0, 0.1) is 5.92 Å². The smallest absolute Gasteiger partial charge is 0.233 e. The first kappa shape index (κ1) is 32.4. The number of rotatable bonds is 14. The second-order valence-electron chi connectivity index (χ2n) is 11.4. The summed E-state index contributed by atoms with van der Waals surface area (Å²) < 4.78 is 27.4. The number of benzene rings is 2. The highest BCUT2D eigenvalue weighted by atomic mass is 35.5. The molecule has 2 aliphatic rings. The maximum absolute atomic E-state index is 14.1. The van der Waals surface area contributed by atoms with Gasteiger partial charge in [0.1, 0.15) is 0 Å². The number of halogens is 2. The zero-order valence-electron chi connectivity index (χ0n) is 24.0. The number of sulfone groups is 1. The molecule has 0 N–H and O–H groups in total. The van der Waals surface area contributed by atoms with Gasteiger partial charge in [-0.15, -0.1) is 0 Å². The maximum Gasteiger partial charge on any atom is 0.233 e. The van der Waals surface area contributed by atoms with E-state index < -0.39 is 49.8 Å². The van der Waals surface area contributed by atoms with Crippen LogP contribution in [-0.2, 0) is 34.4 Å². The van der Waals surface area contributed by atoms with Crippen molar-refractivity contribution in [1.82, 2.24) is 4.90 Å². The van der Waals surface area contributed by atoms with E-state index in [1.54, 1.807) is 43.3 Å². The topological polar surface area (TPSA) is 106 Å².